The fourth-order valence-corrected chi connectivity index (χ4v) is 2.03. The van der Waals surface area contributed by atoms with Crippen LogP contribution < -0.4 is 0 Å². The Kier molecular flexibility index (Phi) is 2.66. The SMILES string of the molecule is Cc1cc2ncc(I)c(Cl)c2cc1C. The maximum atomic E-state index is 6.20. The van der Waals surface area contributed by atoms with Crippen LogP contribution >= 0.6 is 34.2 Å². The van der Waals surface area contributed by atoms with Gasteiger partial charge in [0.05, 0.1) is 14.1 Å². The summed E-state index contributed by atoms with van der Waals surface area (Å²) in [6, 6.07) is 4.18. The van der Waals surface area contributed by atoms with E-state index in [0.29, 0.717) is 0 Å². The van der Waals surface area contributed by atoms with Crippen LogP contribution in [-0.4, -0.2) is 4.98 Å². The summed E-state index contributed by atoms with van der Waals surface area (Å²) in [7, 11) is 0. The Bertz CT molecular complexity index is 508. The number of aryl methyl sites for hydroxylation is 2. The Balaban J connectivity index is 2.89. The number of hydrogen-bond donors (Lipinski definition) is 0. The monoisotopic (exact) mass is 317 g/mol. The molecule has 14 heavy (non-hydrogen) atoms. The number of pyridine rings is 1. The van der Waals surface area contributed by atoms with E-state index in [2.05, 4.69) is 53.6 Å². The molecule has 1 nitrogen and oxygen atoms in total. The maximum Gasteiger partial charge on any atom is 0.0720 e. The summed E-state index contributed by atoms with van der Waals surface area (Å²) in [6.45, 7) is 4.17. The van der Waals surface area contributed by atoms with Crippen molar-refractivity contribution < 1.29 is 0 Å². The maximum absolute atomic E-state index is 6.20. The molecule has 1 heterocycles. The lowest BCUT2D eigenvalue weighted by molar-refractivity contribution is 1.32. The van der Waals surface area contributed by atoms with Crippen molar-refractivity contribution in [3.63, 3.8) is 0 Å². The molecule has 0 unspecified atom stereocenters. The second kappa shape index (κ2) is 3.66. The predicted molar refractivity (Wildman–Crippen MR) is 68.9 cm³/mol. The van der Waals surface area contributed by atoms with E-state index in [-0.39, 0.29) is 0 Å². The van der Waals surface area contributed by atoms with Gasteiger partial charge in [-0.25, -0.2) is 0 Å². The van der Waals surface area contributed by atoms with E-state index in [9.17, 15) is 0 Å². The summed E-state index contributed by atoms with van der Waals surface area (Å²) in [5.41, 5.74) is 3.48. The lowest BCUT2D eigenvalue weighted by atomic mass is 10.1. The van der Waals surface area contributed by atoms with Crippen LogP contribution in [0.15, 0.2) is 18.3 Å². The van der Waals surface area contributed by atoms with E-state index < -0.39 is 0 Å². The van der Waals surface area contributed by atoms with Crippen LogP contribution in [0.5, 0.6) is 0 Å². The molecule has 0 spiro atoms. The summed E-state index contributed by atoms with van der Waals surface area (Å²) in [5.74, 6) is 0. The highest BCUT2D eigenvalue weighted by Gasteiger charge is 2.05. The number of nitrogens with zero attached hydrogens (tertiary/aromatic N) is 1. The third-order valence-corrected chi connectivity index (χ3v) is 3.92. The van der Waals surface area contributed by atoms with Gasteiger partial charge in [0.25, 0.3) is 0 Å². The largest absolute Gasteiger partial charge is 0.255 e. The predicted octanol–water partition coefficient (Wildman–Crippen LogP) is 4.11. The van der Waals surface area contributed by atoms with Crippen LogP contribution in [0.25, 0.3) is 10.9 Å². The number of aromatic nitrogens is 1. The first-order valence-electron chi connectivity index (χ1n) is 4.30. The van der Waals surface area contributed by atoms with Crippen molar-refractivity contribution in [2.45, 2.75) is 13.8 Å². The number of benzene rings is 1. The minimum absolute atomic E-state index is 0.804. The average Bonchev–Trinajstić information content (AvgIpc) is 2.15. The highest BCUT2D eigenvalue weighted by molar-refractivity contribution is 14.1. The first-order chi connectivity index (χ1) is 6.59. The summed E-state index contributed by atoms with van der Waals surface area (Å²) in [6.07, 6.45) is 1.81. The Morgan fingerprint density at radius 3 is 2.57 bits per heavy atom. The van der Waals surface area contributed by atoms with Crippen LogP contribution in [0, 0.1) is 17.4 Å². The second-order valence-electron chi connectivity index (χ2n) is 3.37. The minimum Gasteiger partial charge on any atom is -0.255 e. The molecule has 0 aliphatic heterocycles. The van der Waals surface area contributed by atoms with Crippen molar-refractivity contribution >= 4 is 45.1 Å². The van der Waals surface area contributed by atoms with Gasteiger partial charge in [0.2, 0.25) is 0 Å². The molecule has 1 aromatic carbocycles. The van der Waals surface area contributed by atoms with Crippen molar-refractivity contribution in [1.82, 2.24) is 4.98 Å². The molecule has 0 amide bonds. The molecule has 0 saturated carbocycles. The lowest BCUT2D eigenvalue weighted by Crippen LogP contribution is -1.87. The van der Waals surface area contributed by atoms with Gasteiger partial charge in [0.15, 0.2) is 0 Å². The minimum atomic E-state index is 0.804. The van der Waals surface area contributed by atoms with Crippen LogP contribution in [0.1, 0.15) is 11.1 Å². The average molecular weight is 318 g/mol. The van der Waals surface area contributed by atoms with E-state index >= 15 is 0 Å². The standard InChI is InChI=1S/C11H9ClIN/c1-6-3-8-10(4-7(6)2)14-5-9(13)11(8)12/h3-5H,1-2H3. The van der Waals surface area contributed by atoms with Crippen molar-refractivity contribution in [2.24, 2.45) is 0 Å². The molecule has 0 aliphatic carbocycles. The summed E-state index contributed by atoms with van der Waals surface area (Å²) < 4.78 is 1.00. The Labute approximate surface area is 102 Å². The highest BCUT2D eigenvalue weighted by Crippen LogP contribution is 2.28. The normalized spacial score (nSPS) is 10.9. The molecule has 72 valence electrons. The summed E-state index contributed by atoms with van der Waals surface area (Å²) >= 11 is 8.40. The highest BCUT2D eigenvalue weighted by atomic mass is 127. The van der Waals surface area contributed by atoms with Gasteiger partial charge in [-0.15, -0.1) is 0 Å². The van der Waals surface area contributed by atoms with Gasteiger partial charge in [-0.05, 0) is 59.7 Å². The zero-order valence-corrected chi connectivity index (χ0v) is 10.8. The van der Waals surface area contributed by atoms with Gasteiger partial charge in [-0.1, -0.05) is 11.6 Å². The number of rotatable bonds is 0. The Morgan fingerprint density at radius 2 is 1.86 bits per heavy atom. The molecule has 0 atom stereocenters. The van der Waals surface area contributed by atoms with Crippen LogP contribution in [-0.2, 0) is 0 Å². The van der Waals surface area contributed by atoms with E-state index in [1.54, 1.807) is 6.20 Å². The molecule has 0 saturated heterocycles. The van der Waals surface area contributed by atoms with Crippen molar-refractivity contribution in [3.05, 3.63) is 38.0 Å². The molecule has 2 rings (SSSR count). The zero-order valence-electron chi connectivity index (χ0n) is 7.94. The first-order valence-corrected chi connectivity index (χ1v) is 5.76. The summed E-state index contributed by atoms with van der Waals surface area (Å²) in [4.78, 5) is 4.35. The van der Waals surface area contributed by atoms with Gasteiger partial charge < -0.3 is 0 Å². The fraction of sp³-hybridized carbons (Fsp3) is 0.182. The van der Waals surface area contributed by atoms with E-state index in [4.69, 9.17) is 11.6 Å². The van der Waals surface area contributed by atoms with Crippen molar-refractivity contribution in [3.8, 4) is 0 Å². The molecule has 1 aromatic heterocycles. The molecule has 0 bridgehead atoms. The Morgan fingerprint density at radius 1 is 1.21 bits per heavy atom. The van der Waals surface area contributed by atoms with Crippen molar-refractivity contribution in [1.29, 1.82) is 0 Å². The van der Waals surface area contributed by atoms with Crippen LogP contribution in [0.3, 0.4) is 0 Å². The smallest absolute Gasteiger partial charge is 0.0720 e. The molecular formula is C11H9ClIN. The molecule has 0 radical (unpaired) electrons. The lowest BCUT2D eigenvalue weighted by Gasteiger charge is -2.05. The van der Waals surface area contributed by atoms with Gasteiger partial charge in [0.1, 0.15) is 0 Å². The molecule has 2 aromatic rings. The number of hydrogen-bond acceptors (Lipinski definition) is 1. The molecular weight excluding hydrogens is 308 g/mol. The number of halogens is 2. The molecule has 3 heteroatoms. The number of fused-ring (bicyclic) bond motifs is 1. The van der Waals surface area contributed by atoms with Crippen LogP contribution in [0.2, 0.25) is 5.02 Å². The van der Waals surface area contributed by atoms with Crippen molar-refractivity contribution in [2.75, 3.05) is 0 Å². The molecule has 0 N–H and O–H groups in total. The molecule has 0 fully saturated rings. The third-order valence-electron chi connectivity index (χ3n) is 2.38. The van der Waals surface area contributed by atoms with Gasteiger partial charge >= 0.3 is 0 Å². The quantitative estimate of drug-likeness (QED) is 0.666. The van der Waals surface area contributed by atoms with Gasteiger partial charge in [-0.2, -0.15) is 0 Å². The van der Waals surface area contributed by atoms with Gasteiger partial charge in [0, 0.05) is 11.6 Å². The fourth-order valence-electron chi connectivity index (χ4n) is 1.40. The Hall–Kier alpha value is -0.350. The van der Waals surface area contributed by atoms with E-state index in [1.165, 1.54) is 11.1 Å². The first kappa shape index (κ1) is 10.2. The van der Waals surface area contributed by atoms with Gasteiger partial charge in [-0.3, -0.25) is 4.98 Å². The second-order valence-corrected chi connectivity index (χ2v) is 4.91. The van der Waals surface area contributed by atoms with E-state index in [1.807, 2.05) is 0 Å². The third kappa shape index (κ3) is 1.61. The topological polar surface area (TPSA) is 12.9 Å². The van der Waals surface area contributed by atoms with E-state index in [0.717, 1.165) is 19.5 Å². The molecule has 0 aliphatic rings. The summed E-state index contributed by atoms with van der Waals surface area (Å²) in [5, 5.41) is 1.85. The zero-order chi connectivity index (χ0) is 10.3. The van der Waals surface area contributed by atoms with Crippen LogP contribution in [0.4, 0.5) is 0 Å².